The number of fused-ring (bicyclic) bond motifs is 1. The molecule has 5 rings (SSSR count). The summed E-state index contributed by atoms with van der Waals surface area (Å²) in [6, 6.07) is 30.5. The van der Waals surface area contributed by atoms with Crippen LogP contribution in [0.25, 0.3) is 22.2 Å². The van der Waals surface area contributed by atoms with Crippen molar-refractivity contribution in [2.24, 2.45) is 0 Å². The van der Waals surface area contributed by atoms with E-state index in [4.69, 9.17) is 9.72 Å². The predicted molar refractivity (Wildman–Crippen MR) is 152 cm³/mol. The molecule has 0 saturated heterocycles. The van der Waals surface area contributed by atoms with Gasteiger partial charge in [-0.15, -0.1) is 0 Å². The zero-order valence-electron chi connectivity index (χ0n) is 22.1. The number of halogens is 1. The Morgan fingerprint density at radius 3 is 2.45 bits per heavy atom. The first kappa shape index (κ1) is 25.7. The summed E-state index contributed by atoms with van der Waals surface area (Å²) in [6.45, 7) is 5.15. The number of benzene rings is 4. The Morgan fingerprint density at radius 1 is 0.868 bits per heavy atom. The van der Waals surface area contributed by atoms with Crippen LogP contribution in [0.15, 0.2) is 97.2 Å². The summed E-state index contributed by atoms with van der Waals surface area (Å²) in [7, 11) is 1.49. The third kappa shape index (κ3) is 5.79. The van der Waals surface area contributed by atoms with Crippen molar-refractivity contribution < 1.29 is 9.13 Å². The SMILES string of the molecule is CCCCn1c(CN(Cc2ccc(OC)c(F)c2)Cc2cccc3ccccc23)cnc1-c1ccccc1. The van der Waals surface area contributed by atoms with Crippen LogP contribution < -0.4 is 4.74 Å². The lowest BCUT2D eigenvalue weighted by Gasteiger charge is -2.24. The van der Waals surface area contributed by atoms with E-state index in [0.29, 0.717) is 13.1 Å². The molecule has 5 heteroatoms. The van der Waals surface area contributed by atoms with Crippen LogP contribution in [0, 0.1) is 5.82 Å². The molecule has 0 amide bonds. The maximum Gasteiger partial charge on any atom is 0.165 e. The molecule has 0 aliphatic rings. The van der Waals surface area contributed by atoms with Gasteiger partial charge < -0.3 is 9.30 Å². The highest BCUT2D eigenvalue weighted by atomic mass is 19.1. The van der Waals surface area contributed by atoms with Gasteiger partial charge in [0.1, 0.15) is 5.82 Å². The standard InChI is InChI=1S/C33H34FN3O/c1-3-4-19-37-29(21-35-33(37)27-12-6-5-7-13-27)24-36(22-25-17-18-32(38-2)31(34)20-25)23-28-15-10-14-26-11-8-9-16-30(26)28/h5-18,20-21H,3-4,19,22-24H2,1-2H3. The molecule has 1 heterocycles. The predicted octanol–water partition coefficient (Wildman–Crippen LogP) is 7.85. The van der Waals surface area contributed by atoms with Gasteiger partial charge in [0.05, 0.1) is 19.0 Å². The normalized spacial score (nSPS) is 11.4. The molecule has 0 fully saturated rings. The molecule has 4 nitrogen and oxygen atoms in total. The lowest BCUT2D eigenvalue weighted by molar-refractivity contribution is 0.241. The Labute approximate surface area is 224 Å². The molecule has 38 heavy (non-hydrogen) atoms. The Bertz CT molecular complexity index is 1490. The second-order valence-corrected chi connectivity index (χ2v) is 9.70. The van der Waals surface area contributed by atoms with Crippen LogP contribution >= 0.6 is 0 Å². The molecule has 0 bridgehead atoms. The number of hydrogen-bond donors (Lipinski definition) is 0. The molecule has 0 unspecified atom stereocenters. The van der Waals surface area contributed by atoms with Crippen molar-refractivity contribution in [3.63, 3.8) is 0 Å². The lowest BCUT2D eigenvalue weighted by atomic mass is 10.0. The Kier molecular flexibility index (Phi) is 8.15. The van der Waals surface area contributed by atoms with Gasteiger partial charge in [0.15, 0.2) is 11.6 Å². The number of nitrogens with zero attached hydrogens (tertiary/aromatic N) is 3. The molecule has 0 aliphatic carbocycles. The summed E-state index contributed by atoms with van der Waals surface area (Å²) < 4.78 is 22.1. The fourth-order valence-electron chi connectivity index (χ4n) is 5.06. The average Bonchev–Trinajstić information content (AvgIpc) is 3.34. The van der Waals surface area contributed by atoms with Gasteiger partial charge in [0.2, 0.25) is 0 Å². The van der Waals surface area contributed by atoms with Gasteiger partial charge >= 0.3 is 0 Å². The summed E-state index contributed by atoms with van der Waals surface area (Å²) in [4.78, 5) is 7.23. The maximum atomic E-state index is 14.6. The van der Waals surface area contributed by atoms with E-state index >= 15 is 0 Å². The van der Waals surface area contributed by atoms with E-state index in [1.165, 1.54) is 23.4 Å². The average molecular weight is 508 g/mol. The van der Waals surface area contributed by atoms with Crippen molar-refractivity contribution >= 4 is 10.8 Å². The second-order valence-electron chi connectivity index (χ2n) is 9.70. The topological polar surface area (TPSA) is 30.3 Å². The minimum atomic E-state index is -0.338. The number of methoxy groups -OCH3 is 1. The number of imidazole rings is 1. The number of rotatable bonds is 11. The van der Waals surface area contributed by atoms with Gasteiger partial charge in [-0.3, -0.25) is 4.90 Å². The van der Waals surface area contributed by atoms with Crippen LogP contribution in [0.3, 0.4) is 0 Å². The monoisotopic (exact) mass is 507 g/mol. The third-order valence-corrected chi connectivity index (χ3v) is 6.99. The zero-order chi connectivity index (χ0) is 26.3. The van der Waals surface area contributed by atoms with Gasteiger partial charge in [-0.1, -0.05) is 92.2 Å². The molecule has 1 aromatic heterocycles. The van der Waals surface area contributed by atoms with Crippen molar-refractivity contribution in [1.29, 1.82) is 0 Å². The minimum Gasteiger partial charge on any atom is -0.494 e. The quantitative estimate of drug-likeness (QED) is 0.182. The first-order chi connectivity index (χ1) is 18.7. The number of aromatic nitrogens is 2. The molecule has 4 aromatic carbocycles. The van der Waals surface area contributed by atoms with Crippen molar-refractivity contribution in [2.45, 2.75) is 45.9 Å². The summed E-state index contributed by atoms with van der Waals surface area (Å²) in [5, 5.41) is 2.46. The molecular formula is C33H34FN3O. The molecule has 194 valence electrons. The van der Waals surface area contributed by atoms with Crippen molar-refractivity contribution in [1.82, 2.24) is 14.5 Å². The van der Waals surface area contributed by atoms with Crippen LogP contribution in [0.1, 0.15) is 36.6 Å². The van der Waals surface area contributed by atoms with Gasteiger partial charge in [-0.2, -0.15) is 0 Å². The number of unbranched alkanes of at least 4 members (excludes halogenated alkanes) is 1. The van der Waals surface area contributed by atoms with Gasteiger partial charge in [0, 0.05) is 31.7 Å². The van der Waals surface area contributed by atoms with Crippen LogP contribution in [0.2, 0.25) is 0 Å². The molecule has 0 atom stereocenters. The van der Waals surface area contributed by atoms with Crippen LogP contribution in [0.5, 0.6) is 5.75 Å². The van der Waals surface area contributed by atoms with Gasteiger partial charge in [-0.05, 0) is 40.5 Å². The summed E-state index contributed by atoms with van der Waals surface area (Å²) in [5.41, 5.74) is 4.44. The van der Waals surface area contributed by atoms with E-state index < -0.39 is 0 Å². The largest absolute Gasteiger partial charge is 0.494 e. The van der Waals surface area contributed by atoms with Crippen molar-refractivity contribution in [3.05, 3.63) is 120 Å². The molecular weight excluding hydrogens is 473 g/mol. The fraction of sp³-hybridized carbons (Fsp3) is 0.242. The van der Waals surface area contributed by atoms with Crippen molar-refractivity contribution in [2.75, 3.05) is 7.11 Å². The lowest BCUT2D eigenvalue weighted by Crippen LogP contribution is -2.24. The summed E-state index contributed by atoms with van der Waals surface area (Å²) >= 11 is 0. The molecule has 0 spiro atoms. The van der Waals surface area contributed by atoms with E-state index in [1.807, 2.05) is 18.3 Å². The van der Waals surface area contributed by atoms with Crippen LogP contribution in [0.4, 0.5) is 4.39 Å². The van der Waals surface area contributed by atoms with Gasteiger partial charge in [-0.25, -0.2) is 9.37 Å². The maximum absolute atomic E-state index is 14.6. The number of ether oxygens (including phenoxy) is 1. The molecule has 0 saturated carbocycles. The number of hydrogen-bond acceptors (Lipinski definition) is 3. The third-order valence-electron chi connectivity index (χ3n) is 6.99. The highest BCUT2D eigenvalue weighted by Crippen LogP contribution is 2.26. The van der Waals surface area contributed by atoms with Crippen LogP contribution in [-0.2, 0) is 26.2 Å². The molecule has 0 radical (unpaired) electrons. The fourth-order valence-corrected chi connectivity index (χ4v) is 5.06. The van der Waals surface area contributed by atoms with E-state index in [1.54, 1.807) is 12.1 Å². The first-order valence-electron chi connectivity index (χ1n) is 13.3. The smallest absolute Gasteiger partial charge is 0.165 e. The first-order valence-corrected chi connectivity index (χ1v) is 13.3. The zero-order valence-corrected chi connectivity index (χ0v) is 22.1. The molecule has 0 N–H and O–H groups in total. The summed E-state index contributed by atoms with van der Waals surface area (Å²) in [6.07, 6.45) is 4.19. The van der Waals surface area contributed by atoms with E-state index in [9.17, 15) is 4.39 Å². The molecule has 0 aliphatic heterocycles. The van der Waals surface area contributed by atoms with E-state index in [-0.39, 0.29) is 11.6 Å². The summed E-state index contributed by atoms with van der Waals surface area (Å²) in [5.74, 6) is 0.920. The van der Waals surface area contributed by atoms with E-state index in [2.05, 4.69) is 83.1 Å². The Morgan fingerprint density at radius 2 is 1.66 bits per heavy atom. The van der Waals surface area contributed by atoms with Crippen molar-refractivity contribution in [3.8, 4) is 17.1 Å². The second kappa shape index (κ2) is 12.1. The highest BCUT2D eigenvalue weighted by molar-refractivity contribution is 5.85. The highest BCUT2D eigenvalue weighted by Gasteiger charge is 2.17. The minimum absolute atomic E-state index is 0.263. The molecule has 5 aromatic rings. The van der Waals surface area contributed by atoms with Crippen LogP contribution in [-0.4, -0.2) is 21.6 Å². The van der Waals surface area contributed by atoms with Gasteiger partial charge in [0.25, 0.3) is 0 Å². The Balaban J connectivity index is 1.51. The van der Waals surface area contributed by atoms with E-state index in [0.717, 1.165) is 48.6 Å². The Hall–Kier alpha value is -3.96.